The van der Waals surface area contributed by atoms with Crippen molar-refractivity contribution in [2.45, 2.75) is 42.9 Å². The maximum absolute atomic E-state index is 13.7. The van der Waals surface area contributed by atoms with Gasteiger partial charge in [-0.05, 0) is 49.2 Å². The molecular formula is C35H40F3N5O9S. The Labute approximate surface area is 304 Å². The number of hydrogen-bond acceptors (Lipinski definition) is 9. The summed E-state index contributed by atoms with van der Waals surface area (Å²) in [5.41, 5.74) is -0.454. The fourth-order valence-electron chi connectivity index (χ4n) is 5.24. The monoisotopic (exact) mass is 763 g/mol. The number of carbonyl (C=O) groups is 4. The van der Waals surface area contributed by atoms with E-state index in [1.807, 2.05) is 0 Å². The largest absolute Gasteiger partial charge is 0.493 e. The molecule has 286 valence electrons. The second-order valence-corrected chi connectivity index (χ2v) is 13.8. The number of benzene rings is 3. The minimum atomic E-state index is -4.84. The highest BCUT2D eigenvalue weighted by Gasteiger charge is 2.34. The van der Waals surface area contributed by atoms with E-state index in [-0.39, 0.29) is 55.4 Å². The lowest BCUT2D eigenvalue weighted by molar-refractivity contribution is -0.137. The molecule has 0 aliphatic carbocycles. The first-order valence-corrected chi connectivity index (χ1v) is 17.8. The van der Waals surface area contributed by atoms with Crippen LogP contribution >= 0.6 is 0 Å². The van der Waals surface area contributed by atoms with Crippen molar-refractivity contribution in [2.75, 3.05) is 47.0 Å². The minimum absolute atomic E-state index is 0.00356. The molecule has 5 rings (SSSR count). The number of halogens is 3. The Bertz CT molecular complexity index is 1870. The molecule has 53 heavy (non-hydrogen) atoms. The summed E-state index contributed by atoms with van der Waals surface area (Å²) in [6.45, 7) is -0.259. The number of methoxy groups -OCH3 is 2. The molecule has 2 bridgehead atoms. The molecule has 0 aromatic heterocycles. The van der Waals surface area contributed by atoms with E-state index in [4.69, 9.17) is 14.2 Å². The maximum atomic E-state index is 13.7. The molecule has 0 saturated heterocycles. The van der Waals surface area contributed by atoms with Crippen molar-refractivity contribution in [1.82, 2.24) is 25.6 Å². The molecular weight excluding hydrogens is 723 g/mol. The third-order valence-corrected chi connectivity index (χ3v) is 9.89. The van der Waals surface area contributed by atoms with E-state index in [1.165, 1.54) is 33.3 Å². The van der Waals surface area contributed by atoms with Crippen LogP contribution in [0.1, 0.15) is 34.8 Å². The van der Waals surface area contributed by atoms with E-state index < -0.39 is 75.5 Å². The second-order valence-electron chi connectivity index (χ2n) is 11.9. The van der Waals surface area contributed by atoms with E-state index in [2.05, 4.69) is 21.3 Å². The molecule has 2 atom stereocenters. The average molecular weight is 764 g/mol. The first-order valence-electron chi connectivity index (χ1n) is 16.4. The highest BCUT2D eigenvalue weighted by atomic mass is 32.2. The number of rotatable bonds is 6. The maximum Gasteiger partial charge on any atom is 0.416 e. The Balaban J connectivity index is 1.67. The molecule has 2 heterocycles. The predicted molar refractivity (Wildman–Crippen MR) is 185 cm³/mol. The Kier molecular flexibility index (Phi) is 13.7. The summed E-state index contributed by atoms with van der Waals surface area (Å²) < 4.78 is 85.1. The number of nitrogens with one attached hydrogen (secondary N) is 4. The number of nitrogens with zero attached hydrogens (tertiary/aromatic N) is 1. The first kappa shape index (κ1) is 40.4. The zero-order valence-corrected chi connectivity index (χ0v) is 29.9. The number of ether oxygens (including phenoxy) is 3. The lowest BCUT2D eigenvalue weighted by atomic mass is 10.0. The summed E-state index contributed by atoms with van der Waals surface area (Å²) in [7, 11) is -2.01. The van der Waals surface area contributed by atoms with Crippen molar-refractivity contribution in [3.63, 3.8) is 0 Å². The van der Waals surface area contributed by atoms with Crippen molar-refractivity contribution >= 4 is 33.7 Å². The van der Waals surface area contributed by atoms with Gasteiger partial charge in [-0.2, -0.15) is 17.5 Å². The van der Waals surface area contributed by atoms with Crippen LogP contribution in [0, 0.1) is 0 Å². The van der Waals surface area contributed by atoms with Gasteiger partial charge in [-0.3, -0.25) is 19.2 Å². The summed E-state index contributed by atoms with van der Waals surface area (Å²) in [4.78, 5) is 52.4. The first-order chi connectivity index (χ1) is 25.1. The number of sulfonamides is 1. The standard InChI is InChI=1S/C35H40F3N5O9S/c1-22-32(45)42-27(17-23-9-5-4-6-10-23)34(47)40-14-15-43(53(48,49)26-12-7-11-25(20-26)35(36,37)38)21-30(44)39-13-8-16-52-31-28(50-2)18-24(33(46)41-22)19-29(31)51-3/h4-7,9-12,18-20,22,27H,8,13-17,21H2,1-3H3,(H,39,44)(H,40,47)(H,41,46)(H,42,45)/t22-,27+/m0/s1. The SMILES string of the molecule is COc1cc2cc(OC)c1OCCCNC(=O)CN(S(=O)(=O)c1cccc(C(F)(F)F)c1)CCNC(=O)[C@@H](Cc1ccccc1)NC(=O)[C@H](C)NC2=O. The molecule has 4 N–H and O–H groups in total. The third-order valence-electron chi connectivity index (χ3n) is 8.05. The van der Waals surface area contributed by atoms with Crippen LogP contribution in [0.25, 0.3) is 0 Å². The quantitative estimate of drug-likeness (QED) is 0.274. The van der Waals surface area contributed by atoms with Gasteiger partial charge >= 0.3 is 6.18 Å². The van der Waals surface area contributed by atoms with Gasteiger partial charge in [0.1, 0.15) is 12.1 Å². The van der Waals surface area contributed by atoms with Gasteiger partial charge in [-0.15, -0.1) is 0 Å². The second kappa shape index (κ2) is 17.9. The van der Waals surface area contributed by atoms with Crippen LogP contribution in [0.3, 0.4) is 0 Å². The highest BCUT2D eigenvalue weighted by Crippen LogP contribution is 2.39. The molecule has 2 aliphatic rings. The van der Waals surface area contributed by atoms with Gasteiger partial charge in [0.15, 0.2) is 11.5 Å². The Morgan fingerprint density at radius 1 is 0.868 bits per heavy atom. The number of fused-ring (bicyclic) bond motifs is 19. The molecule has 3 aromatic carbocycles. The fourth-order valence-corrected chi connectivity index (χ4v) is 6.68. The van der Waals surface area contributed by atoms with Crippen LogP contribution in [0.2, 0.25) is 0 Å². The molecule has 0 fully saturated rings. The summed E-state index contributed by atoms with van der Waals surface area (Å²) in [6.07, 6.45) is -4.62. The molecule has 0 spiro atoms. The molecule has 3 aromatic rings. The number of amides is 4. The molecule has 4 amide bonds. The van der Waals surface area contributed by atoms with Gasteiger partial charge in [0, 0.05) is 31.6 Å². The van der Waals surface area contributed by atoms with Crippen LogP contribution in [0.15, 0.2) is 71.6 Å². The summed E-state index contributed by atoms with van der Waals surface area (Å²) >= 11 is 0. The van der Waals surface area contributed by atoms with E-state index in [0.29, 0.717) is 22.0 Å². The summed E-state index contributed by atoms with van der Waals surface area (Å²) in [5.74, 6) is -2.47. The predicted octanol–water partition coefficient (Wildman–Crippen LogP) is 2.27. The zero-order chi connectivity index (χ0) is 38.8. The lowest BCUT2D eigenvalue weighted by Crippen LogP contribution is -2.54. The highest BCUT2D eigenvalue weighted by molar-refractivity contribution is 7.89. The number of hydrogen-bond donors (Lipinski definition) is 4. The molecule has 0 radical (unpaired) electrons. The number of carbonyl (C=O) groups excluding carboxylic acids is 4. The van der Waals surface area contributed by atoms with E-state index in [1.54, 1.807) is 30.3 Å². The molecule has 18 heteroatoms. The zero-order valence-electron chi connectivity index (χ0n) is 29.1. The topological polar surface area (TPSA) is 181 Å². The van der Waals surface area contributed by atoms with Crippen molar-refractivity contribution in [3.05, 3.63) is 83.4 Å². The van der Waals surface area contributed by atoms with Gasteiger partial charge in [0.25, 0.3) is 5.91 Å². The Morgan fingerprint density at radius 3 is 2.19 bits per heavy atom. The van der Waals surface area contributed by atoms with E-state index >= 15 is 0 Å². The van der Waals surface area contributed by atoms with Crippen LogP contribution in [0.5, 0.6) is 17.2 Å². The average Bonchev–Trinajstić information content (AvgIpc) is 3.13. The molecule has 0 saturated carbocycles. The normalized spacial score (nSPS) is 19.0. The van der Waals surface area contributed by atoms with Crippen LogP contribution in [0.4, 0.5) is 13.2 Å². The van der Waals surface area contributed by atoms with Gasteiger partial charge in [0.2, 0.25) is 33.5 Å². The van der Waals surface area contributed by atoms with Crippen LogP contribution < -0.4 is 35.5 Å². The summed E-state index contributed by atoms with van der Waals surface area (Å²) in [6, 6.07) is 12.2. The van der Waals surface area contributed by atoms with Crippen molar-refractivity contribution in [2.24, 2.45) is 0 Å². The minimum Gasteiger partial charge on any atom is -0.493 e. The molecule has 2 aliphatic heterocycles. The van der Waals surface area contributed by atoms with Gasteiger partial charge in [0.05, 0.1) is 37.8 Å². The third kappa shape index (κ3) is 10.8. The molecule has 14 nitrogen and oxygen atoms in total. The van der Waals surface area contributed by atoms with E-state index in [0.717, 1.165) is 12.1 Å². The van der Waals surface area contributed by atoms with Crippen molar-refractivity contribution < 1.29 is 55.0 Å². The Hall–Kier alpha value is -5.36. The van der Waals surface area contributed by atoms with Crippen molar-refractivity contribution in [3.8, 4) is 17.2 Å². The fraction of sp³-hybridized carbons (Fsp3) is 0.371. The van der Waals surface area contributed by atoms with Crippen LogP contribution in [-0.4, -0.2) is 95.4 Å². The van der Waals surface area contributed by atoms with E-state index in [9.17, 15) is 40.8 Å². The molecule has 0 unspecified atom stereocenters. The van der Waals surface area contributed by atoms with Gasteiger partial charge in [-0.25, -0.2) is 8.42 Å². The number of alkyl halides is 3. The smallest absolute Gasteiger partial charge is 0.416 e. The lowest BCUT2D eigenvalue weighted by Gasteiger charge is -2.24. The van der Waals surface area contributed by atoms with Crippen LogP contribution in [-0.2, 0) is 37.0 Å². The Morgan fingerprint density at radius 2 is 1.55 bits per heavy atom. The van der Waals surface area contributed by atoms with Gasteiger partial charge < -0.3 is 35.5 Å². The van der Waals surface area contributed by atoms with Crippen molar-refractivity contribution in [1.29, 1.82) is 0 Å². The van der Waals surface area contributed by atoms with Gasteiger partial charge in [-0.1, -0.05) is 36.4 Å². The summed E-state index contributed by atoms with van der Waals surface area (Å²) in [5, 5.41) is 10.3.